The van der Waals surface area contributed by atoms with Crippen LogP contribution in [-0.2, 0) is 22.3 Å². The highest BCUT2D eigenvalue weighted by Gasteiger charge is 2.61. The fraction of sp³-hybridized carbons (Fsp3) is 0.500. The Balaban J connectivity index is 1.61. The Labute approximate surface area is 178 Å². The van der Waals surface area contributed by atoms with Gasteiger partial charge in [0.15, 0.2) is 5.89 Å². The van der Waals surface area contributed by atoms with Crippen molar-refractivity contribution in [3.8, 4) is 0 Å². The molecule has 2 amide bonds. The number of amides is 2. The average Bonchev–Trinajstić information content (AvgIpc) is 3.08. The molecule has 2 aliphatic rings. The van der Waals surface area contributed by atoms with E-state index in [-0.39, 0.29) is 36.9 Å². The van der Waals surface area contributed by atoms with E-state index < -0.39 is 17.3 Å². The second-order valence-corrected chi connectivity index (χ2v) is 8.67. The summed E-state index contributed by atoms with van der Waals surface area (Å²) in [6, 6.07) is 4.58. The minimum Gasteiger partial charge on any atom is -0.448 e. The van der Waals surface area contributed by atoms with Gasteiger partial charge in [-0.25, -0.2) is 4.98 Å². The van der Waals surface area contributed by atoms with Gasteiger partial charge in [-0.2, -0.15) is 13.2 Å². The lowest BCUT2D eigenvalue weighted by Gasteiger charge is -2.57. The van der Waals surface area contributed by atoms with Crippen molar-refractivity contribution in [2.75, 3.05) is 6.54 Å². The van der Waals surface area contributed by atoms with Crippen molar-refractivity contribution in [1.29, 1.82) is 0 Å². The number of rotatable bonds is 4. The number of carbonyl (C=O) groups is 2. The Morgan fingerprint density at radius 1 is 1.19 bits per heavy atom. The lowest BCUT2D eigenvalue weighted by molar-refractivity contribution is -0.176. The van der Waals surface area contributed by atoms with Gasteiger partial charge in [-0.1, -0.05) is 12.1 Å². The van der Waals surface area contributed by atoms with Gasteiger partial charge in [0.25, 0.3) is 0 Å². The van der Waals surface area contributed by atoms with Crippen molar-refractivity contribution < 1.29 is 27.2 Å². The largest absolute Gasteiger partial charge is 0.448 e. The van der Waals surface area contributed by atoms with Crippen LogP contribution in [0.25, 0.3) is 0 Å². The molecule has 1 saturated carbocycles. The van der Waals surface area contributed by atoms with E-state index in [1.807, 2.05) is 20.8 Å². The van der Waals surface area contributed by atoms with Gasteiger partial charge >= 0.3 is 6.18 Å². The van der Waals surface area contributed by atoms with Crippen LogP contribution in [0.4, 0.5) is 13.2 Å². The van der Waals surface area contributed by atoms with Crippen molar-refractivity contribution in [2.45, 2.75) is 63.8 Å². The monoisotopic (exact) mass is 435 g/mol. The van der Waals surface area contributed by atoms with E-state index >= 15 is 0 Å². The number of oxazole rings is 1. The summed E-state index contributed by atoms with van der Waals surface area (Å²) in [6.07, 6.45) is -2.12. The molecule has 0 atom stereocenters. The van der Waals surface area contributed by atoms with Crippen molar-refractivity contribution in [2.24, 2.45) is 0 Å². The number of halogens is 3. The fourth-order valence-electron chi connectivity index (χ4n) is 4.45. The van der Waals surface area contributed by atoms with Crippen LogP contribution in [0.5, 0.6) is 0 Å². The van der Waals surface area contributed by atoms with Gasteiger partial charge in [0, 0.05) is 18.5 Å². The van der Waals surface area contributed by atoms with Crippen molar-refractivity contribution in [3.05, 3.63) is 53.2 Å². The number of aromatic nitrogens is 1. The molecule has 1 aromatic heterocycles. The average molecular weight is 435 g/mol. The van der Waals surface area contributed by atoms with Crippen LogP contribution in [-0.4, -0.2) is 44.7 Å². The van der Waals surface area contributed by atoms with E-state index in [2.05, 4.69) is 4.98 Å². The number of hydrogen-bond donors (Lipinski definition) is 0. The summed E-state index contributed by atoms with van der Waals surface area (Å²) in [5.74, 6) is 0.107. The van der Waals surface area contributed by atoms with E-state index in [0.717, 1.165) is 17.8 Å². The summed E-state index contributed by atoms with van der Waals surface area (Å²) in [4.78, 5) is 33.9. The Morgan fingerprint density at radius 3 is 2.35 bits per heavy atom. The number of aryl methyl sites for hydroxylation is 1. The Kier molecular flexibility index (Phi) is 5.10. The number of benzene rings is 1. The minimum atomic E-state index is -4.43. The highest BCUT2D eigenvalue weighted by Crippen LogP contribution is 2.51. The van der Waals surface area contributed by atoms with Crippen molar-refractivity contribution in [3.63, 3.8) is 0 Å². The first kappa shape index (κ1) is 21.4. The van der Waals surface area contributed by atoms with Crippen LogP contribution >= 0.6 is 0 Å². The molecule has 2 aromatic rings. The first-order chi connectivity index (χ1) is 14.5. The molecule has 0 bridgehead atoms. The Hall–Kier alpha value is -2.84. The quantitative estimate of drug-likeness (QED) is 0.731. The predicted octanol–water partition coefficient (Wildman–Crippen LogP) is 3.90. The minimum absolute atomic E-state index is 0.0400. The predicted molar refractivity (Wildman–Crippen MR) is 105 cm³/mol. The first-order valence-electron chi connectivity index (χ1n) is 10.2. The Bertz CT molecular complexity index is 991. The highest BCUT2D eigenvalue weighted by molar-refractivity contribution is 5.99. The summed E-state index contributed by atoms with van der Waals surface area (Å²) in [5, 5.41) is 0. The topological polar surface area (TPSA) is 66.7 Å². The van der Waals surface area contributed by atoms with Crippen molar-refractivity contribution >= 4 is 11.8 Å². The summed E-state index contributed by atoms with van der Waals surface area (Å²) >= 11 is 0. The van der Waals surface area contributed by atoms with Crippen molar-refractivity contribution in [1.82, 2.24) is 14.8 Å². The molecule has 0 radical (unpaired) electrons. The zero-order valence-electron chi connectivity index (χ0n) is 17.6. The third-order valence-electron chi connectivity index (χ3n) is 6.18. The molecule has 1 saturated heterocycles. The normalized spacial score (nSPS) is 24.3. The van der Waals surface area contributed by atoms with Gasteiger partial charge in [0.1, 0.15) is 18.3 Å². The number of piperazine rings is 1. The SMILES string of the molecule is Cc1coc(C2CC3(C2)C(=O)N(C(C)C)CC(=O)N3Cc2ccc(C(F)(F)F)cc2)n1. The zero-order chi connectivity index (χ0) is 22.6. The third kappa shape index (κ3) is 3.70. The smallest absolute Gasteiger partial charge is 0.416 e. The molecule has 166 valence electrons. The number of carbonyl (C=O) groups excluding carboxylic acids is 2. The van der Waals surface area contributed by atoms with Gasteiger partial charge in [-0.3, -0.25) is 9.59 Å². The molecule has 2 fully saturated rings. The third-order valence-corrected chi connectivity index (χ3v) is 6.18. The van der Waals surface area contributed by atoms with Gasteiger partial charge in [-0.05, 0) is 51.3 Å². The lowest BCUT2D eigenvalue weighted by Crippen LogP contribution is -2.72. The zero-order valence-corrected chi connectivity index (χ0v) is 17.6. The maximum atomic E-state index is 13.4. The van der Waals surface area contributed by atoms with Crippen LogP contribution in [0.3, 0.4) is 0 Å². The summed E-state index contributed by atoms with van der Waals surface area (Å²) in [7, 11) is 0. The molecule has 0 unspecified atom stereocenters. The Morgan fingerprint density at radius 2 is 1.84 bits per heavy atom. The van der Waals surface area contributed by atoms with Crippen LogP contribution < -0.4 is 0 Å². The number of nitrogens with zero attached hydrogens (tertiary/aromatic N) is 3. The molecule has 31 heavy (non-hydrogen) atoms. The van der Waals surface area contributed by atoms with Crippen LogP contribution in [0.15, 0.2) is 34.9 Å². The molecule has 9 heteroatoms. The van der Waals surface area contributed by atoms with E-state index in [0.29, 0.717) is 24.3 Å². The lowest BCUT2D eigenvalue weighted by atomic mass is 9.65. The molecule has 1 aliphatic carbocycles. The molecular weight excluding hydrogens is 411 g/mol. The maximum Gasteiger partial charge on any atom is 0.416 e. The van der Waals surface area contributed by atoms with Gasteiger partial charge in [0.2, 0.25) is 11.8 Å². The first-order valence-corrected chi connectivity index (χ1v) is 10.2. The molecule has 1 aromatic carbocycles. The standard InChI is InChI=1S/C22H24F3N3O3/c1-13(2)27-11-18(29)28(10-15-4-6-17(7-5-15)22(23,24)25)21(20(27)30)8-16(9-21)19-26-14(3)12-31-19/h4-7,12-13,16H,8-11H2,1-3H3. The number of alkyl halides is 3. The van der Waals surface area contributed by atoms with Gasteiger partial charge in [-0.15, -0.1) is 0 Å². The summed E-state index contributed by atoms with van der Waals surface area (Å²) < 4.78 is 44.1. The maximum absolute atomic E-state index is 13.4. The molecule has 0 N–H and O–H groups in total. The van der Waals surface area contributed by atoms with Crippen LogP contribution in [0.1, 0.15) is 55.3 Å². The summed E-state index contributed by atoms with van der Waals surface area (Å²) in [6.45, 7) is 5.57. The molecular formula is C22H24F3N3O3. The van der Waals surface area contributed by atoms with Crippen LogP contribution in [0.2, 0.25) is 0 Å². The van der Waals surface area contributed by atoms with E-state index in [1.165, 1.54) is 17.0 Å². The summed E-state index contributed by atoms with van der Waals surface area (Å²) in [5.41, 5.74) is -0.495. The second-order valence-electron chi connectivity index (χ2n) is 8.67. The highest BCUT2D eigenvalue weighted by atomic mass is 19.4. The van der Waals surface area contributed by atoms with Gasteiger partial charge < -0.3 is 14.2 Å². The molecule has 4 rings (SSSR count). The van der Waals surface area contributed by atoms with E-state index in [9.17, 15) is 22.8 Å². The number of hydrogen-bond acceptors (Lipinski definition) is 4. The second kappa shape index (κ2) is 7.39. The van der Waals surface area contributed by atoms with E-state index in [1.54, 1.807) is 11.2 Å². The van der Waals surface area contributed by atoms with E-state index in [4.69, 9.17) is 4.42 Å². The van der Waals surface area contributed by atoms with Gasteiger partial charge in [0.05, 0.1) is 11.3 Å². The molecule has 1 spiro atoms. The molecule has 6 nitrogen and oxygen atoms in total. The molecule has 2 heterocycles. The fourth-order valence-corrected chi connectivity index (χ4v) is 4.45. The van der Waals surface area contributed by atoms with Crippen LogP contribution in [0, 0.1) is 6.92 Å². The molecule has 1 aliphatic heterocycles.